The molecule has 0 saturated carbocycles. The van der Waals surface area contributed by atoms with Crippen molar-refractivity contribution in [2.24, 2.45) is 5.92 Å². The summed E-state index contributed by atoms with van der Waals surface area (Å²) in [6.45, 7) is 3.21. The number of carboxylic acid groups (broad SMARTS) is 1. The molecule has 116 valence electrons. The molecular formula is C15H21NO5. The second-order valence-corrected chi connectivity index (χ2v) is 5.03. The van der Waals surface area contributed by atoms with Crippen molar-refractivity contribution < 1.29 is 24.5 Å². The number of rotatable bonds is 7. The summed E-state index contributed by atoms with van der Waals surface area (Å²) in [7, 11) is 1.53. The van der Waals surface area contributed by atoms with Crippen LogP contribution in [0, 0.1) is 5.92 Å². The number of benzene rings is 1. The number of aliphatic hydroxyl groups is 1. The number of methoxy groups -OCH3 is 1. The number of amides is 1. The van der Waals surface area contributed by atoms with Crippen LogP contribution >= 0.6 is 0 Å². The normalized spacial score (nSPS) is 13.3. The smallest absolute Gasteiger partial charge is 0.308 e. The Morgan fingerprint density at radius 2 is 1.76 bits per heavy atom. The Balaban J connectivity index is 2.89. The number of aliphatic carboxylic acids is 1. The van der Waals surface area contributed by atoms with Crippen LogP contribution in [-0.4, -0.2) is 53.3 Å². The molecule has 0 aromatic heterocycles. The van der Waals surface area contributed by atoms with E-state index in [0.717, 1.165) is 0 Å². The molecule has 0 aliphatic heterocycles. The highest BCUT2D eigenvalue weighted by molar-refractivity contribution is 5.94. The maximum atomic E-state index is 12.4. The number of hydrogen-bond acceptors (Lipinski definition) is 4. The summed E-state index contributed by atoms with van der Waals surface area (Å²) < 4.78 is 5.03. The quantitative estimate of drug-likeness (QED) is 0.790. The number of nitrogens with zero attached hydrogens (tertiary/aromatic N) is 1. The zero-order valence-electron chi connectivity index (χ0n) is 12.4. The first-order valence-corrected chi connectivity index (χ1v) is 6.69. The van der Waals surface area contributed by atoms with E-state index >= 15 is 0 Å². The van der Waals surface area contributed by atoms with Crippen LogP contribution in [0.25, 0.3) is 0 Å². The van der Waals surface area contributed by atoms with Gasteiger partial charge in [0.1, 0.15) is 5.75 Å². The van der Waals surface area contributed by atoms with Crippen molar-refractivity contribution in [1.29, 1.82) is 0 Å². The van der Waals surface area contributed by atoms with Crippen molar-refractivity contribution >= 4 is 11.9 Å². The highest BCUT2D eigenvalue weighted by atomic mass is 16.5. The van der Waals surface area contributed by atoms with E-state index in [1.165, 1.54) is 18.9 Å². The summed E-state index contributed by atoms with van der Waals surface area (Å²) in [5.74, 6) is -1.36. The lowest BCUT2D eigenvalue weighted by atomic mass is 10.1. The van der Waals surface area contributed by atoms with Crippen molar-refractivity contribution in [2.45, 2.75) is 20.0 Å². The molecule has 2 N–H and O–H groups in total. The molecule has 1 amide bonds. The fourth-order valence-corrected chi connectivity index (χ4v) is 1.88. The maximum absolute atomic E-state index is 12.4. The topological polar surface area (TPSA) is 87.1 Å². The molecule has 2 unspecified atom stereocenters. The van der Waals surface area contributed by atoms with Crippen molar-refractivity contribution in [3.8, 4) is 5.75 Å². The Labute approximate surface area is 124 Å². The van der Waals surface area contributed by atoms with E-state index in [0.29, 0.717) is 11.3 Å². The van der Waals surface area contributed by atoms with E-state index in [1.807, 2.05) is 0 Å². The first-order valence-electron chi connectivity index (χ1n) is 6.69. The van der Waals surface area contributed by atoms with Crippen molar-refractivity contribution in [2.75, 3.05) is 20.2 Å². The van der Waals surface area contributed by atoms with Gasteiger partial charge in [0, 0.05) is 18.7 Å². The summed E-state index contributed by atoms with van der Waals surface area (Å²) in [5.41, 5.74) is 0.425. The van der Waals surface area contributed by atoms with Crippen LogP contribution in [0.15, 0.2) is 24.3 Å². The minimum Gasteiger partial charge on any atom is -0.497 e. The molecule has 6 nitrogen and oxygen atoms in total. The van der Waals surface area contributed by atoms with E-state index in [1.54, 1.807) is 31.2 Å². The molecule has 0 fully saturated rings. The zero-order chi connectivity index (χ0) is 16.0. The van der Waals surface area contributed by atoms with Gasteiger partial charge in [0.05, 0.1) is 19.1 Å². The van der Waals surface area contributed by atoms with Gasteiger partial charge in [-0.05, 0) is 31.2 Å². The van der Waals surface area contributed by atoms with E-state index < -0.39 is 18.0 Å². The summed E-state index contributed by atoms with van der Waals surface area (Å²) in [6.07, 6.45) is -0.729. The SMILES string of the molecule is COc1ccc(C(=O)N(CC(C)O)CC(C)C(=O)O)cc1. The van der Waals surface area contributed by atoms with Crippen molar-refractivity contribution in [1.82, 2.24) is 4.90 Å². The molecule has 0 bridgehead atoms. The van der Waals surface area contributed by atoms with Crippen LogP contribution in [0.1, 0.15) is 24.2 Å². The van der Waals surface area contributed by atoms with Crippen LogP contribution < -0.4 is 4.74 Å². The van der Waals surface area contributed by atoms with Gasteiger partial charge in [-0.2, -0.15) is 0 Å². The fraction of sp³-hybridized carbons (Fsp3) is 0.467. The van der Waals surface area contributed by atoms with Crippen LogP contribution in [0.2, 0.25) is 0 Å². The molecule has 1 aromatic rings. The molecule has 0 aliphatic carbocycles. The first-order chi connectivity index (χ1) is 9.85. The van der Waals surface area contributed by atoms with Crippen LogP contribution in [0.4, 0.5) is 0 Å². The van der Waals surface area contributed by atoms with Gasteiger partial charge < -0.3 is 19.8 Å². The van der Waals surface area contributed by atoms with Gasteiger partial charge in [-0.25, -0.2) is 0 Å². The lowest BCUT2D eigenvalue weighted by molar-refractivity contribution is -0.141. The monoisotopic (exact) mass is 295 g/mol. The predicted molar refractivity (Wildman–Crippen MR) is 77.4 cm³/mol. The summed E-state index contributed by atoms with van der Waals surface area (Å²) in [4.78, 5) is 24.7. The molecule has 1 aromatic carbocycles. The number of carbonyl (C=O) groups excluding carboxylic acids is 1. The van der Waals surface area contributed by atoms with Gasteiger partial charge in [0.2, 0.25) is 0 Å². The van der Waals surface area contributed by atoms with Gasteiger partial charge in [0.15, 0.2) is 0 Å². The zero-order valence-corrected chi connectivity index (χ0v) is 12.4. The number of carboxylic acids is 1. The van der Waals surface area contributed by atoms with Crippen LogP contribution in [0.3, 0.4) is 0 Å². The van der Waals surface area contributed by atoms with Crippen LogP contribution in [0.5, 0.6) is 5.75 Å². The Kier molecular flexibility index (Phi) is 6.17. The molecule has 21 heavy (non-hydrogen) atoms. The van der Waals surface area contributed by atoms with E-state index in [9.17, 15) is 14.7 Å². The summed E-state index contributed by atoms with van der Waals surface area (Å²) in [5, 5.41) is 18.5. The molecule has 0 spiro atoms. The second-order valence-electron chi connectivity index (χ2n) is 5.03. The largest absolute Gasteiger partial charge is 0.497 e. The van der Waals surface area contributed by atoms with E-state index in [4.69, 9.17) is 9.84 Å². The van der Waals surface area contributed by atoms with Crippen molar-refractivity contribution in [3.05, 3.63) is 29.8 Å². The number of carbonyl (C=O) groups is 2. The average Bonchev–Trinajstić information content (AvgIpc) is 2.45. The fourth-order valence-electron chi connectivity index (χ4n) is 1.88. The highest BCUT2D eigenvalue weighted by Crippen LogP contribution is 2.14. The minimum absolute atomic E-state index is 0.0467. The maximum Gasteiger partial charge on any atom is 0.308 e. The van der Waals surface area contributed by atoms with Crippen LogP contribution in [-0.2, 0) is 4.79 Å². The Hall–Kier alpha value is -2.08. The number of hydrogen-bond donors (Lipinski definition) is 2. The molecular weight excluding hydrogens is 274 g/mol. The molecule has 0 saturated heterocycles. The van der Waals surface area contributed by atoms with Gasteiger partial charge >= 0.3 is 5.97 Å². The van der Waals surface area contributed by atoms with Gasteiger partial charge in [-0.15, -0.1) is 0 Å². The second kappa shape index (κ2) is 7.64. The first kappa shape index (κ1) is 17.0. The van der Waals surface area contributed by atoms with E-state index in [-0.39, 0.29) is 19.0 Å². The number of ether oxygens (including phenoxy) is 1. The lowest BCUT2D eigenvalue weighted by Crippen LogP contribution is -2.40. The van der Waals surface area contributed by atoms with Gasteiger partial charge in [-0.3, -0.25) is 9.59 Å². The van der Waals surface area contributed by atoms with Gasteiger partial charge in [0.25, 0.3) is 5.91 Å². The van der Waals surface area contributed by atoms with Crippen molar-refractivity contribution in [3.63, 3.8) is 0 Å². The Morgan fingerprint density at radius 1 is 1.19 bits per heavy atom. The predicted octanol–water partition coefficient (Wildman–Crippen LogP) is 1.24. The van der Waals surface area contributed by atoms with E-state index in [2.05, 4.69) is 0 Å². The summed E-state index contributed by atoms with van der Waals surface area (Å²) >= 11 is 0. The third-order valence-corrected chi connectivity index (χ3v) is 3.02. The number of aliphatic hydroxyl groups excluding tert-OH is 1. The third-order valence-electron chi connectivity index (χ3n) is 3.02. The molecule has 0 aliphatic rings. The Bertz CT molecular complexity index is 483. The minimum atomic E-state index is -0.979. The molecule has 1 rings (SSSR count). The standard InChI is InChI=1S/C15H21NO5/c1-10(15(19)20)8-16(9-11(2)17)14(18)12-4-6-13(21-3)7-5-12/h4-7,10-11,17H,8-9H2,1-3H3,(H,19,20). The Morgan fingerprint density at radius 3 is 2.19 bits per heavy atom. The van der Waals surface area contributed by atoms with Gasteiger partial charge in [-0.1, -0.05) is 6.92 Å². The third kappa shape index (κ3) is 5.07. The summed E-state index contributed by atoms with van der Waals surface area (Å²) in [6, 6.07) is 6.55. The highest BCUT2D eigenvalue weighted by Gasteiger charge is 2.22. The lowest BCUT2D eigenvalue weighted by Gasteiger charge is -2.26. The average molecular weight is 295 g/mol. The molecule has 2 atom stereocenters. The molecule has 0 heterocycles. The molecule has 0 radical (unpaired) electrons. The molecule has 6 heteroatoms.